The zero-order chi connectivity index (χ0) is 41.6. The van der Waals surface area contributed by atoms with Gasteiger partial charge in [0, 0.05) is 97.4 Å². The number of halogens is 2. The van der Waals surface area contributed by atoms with E-state index < -0.39 is 18.4 Å². The first kappa shape index (κ1) is 38.7. The van der Waals surface area contributed by atoms with E-state index in [0.717, 1.165) is 104 Å². The molecular formula is C45H51F2N9O5. The van der Waals surface area contributed by atoms with Gasteiger partial charge in [-0.3, -0.25) is 29.5 Å². The maximum Gasteiger partial charge on any atom is 0.255 e. The highest BCUT2D eigenvalue weighted by Gasteiger charge is 2.46. The fourth-order valence-corrected chi connectivity index (χ4v) is 11.5. The fraction of sp³-hybridized carbons (Fsp3) is 0.533. The lowest BCUT2D eigenvalue weighted by Crippen LogP contribution is -2.58. The molecule has 2 aromatic heterocycles. The van der Waals surface area contributed by atoms with Crippen LogP contribution in [-0.4, -0.2) is 137 Å². The molecule has 1 spiro atoms. The lowest BCUT2D eigenvalue weighted by atomic mass is 9.85. The molecule has 0 radical (unpaired) electrons. The van der Waals surface area contributed by atoms with Gasteiger partial charge in [-0.15, -0.1) is 0 Å². The number of carbonyl (C=O) groups is 3. The van der Waals surface area contributed by atoms with Gasteiger partial charge in [0.05, 0.1) is 43.1 Å². The number of piperidine rings is 2. The first-order chi connectivity index (χ1) is 29.6. The third-order valence-electron chi connectivity index (χ3n) is 14.5. The molecule has 320 valence electrons. The number of alkyl halides is 2. The number of nitrogens with one attached hydrogen (secondary N) is 2. The number of nitrogens with zero attached hydrogens (tertiary/aromatic N) is 7. The van der Waals surface area contributed by atoms with E-state index in [0.29, 0.717) is 43.4 Å². The number of anilines is 2. The number of aromatic amines is 1. The number of carbonyl (C=O) groups excluding carboxylic acids is 3. The minimum absolute atomic E-state index is 0.0690. The highest BCUT2D eigenvalue weighted by Crippen LogP contribution is 2.45. The van der Waals surface area contributed by atoms with Gasteiger partial charge in [-0.1, -0.05) is 18.2 Å². The highest BCUT2D eigenvalue weighted by molar-refractivity contribution is 6.06. The summed E-state index contributed by atoms with van der Waals surface area (Å²) in [5.41, 5.74) is 6.20. The molecule has 4 saturated heterocycles. The number of benzene rings is 2. The predicted molar refractivity (Wildman–Crippen MR) is 222 cm³/mol. The number of imide groups is 1. The molecule has 61 heavy (non-hydrogen) atoms. The summed E-state index contributed by atoms with van der Waals surface area (Å²) in [6.07, 6.45) is 5.25. The van der Waals surface area contributed by atoms with Gasteiger partial charge in [0.1, 0.15) is 18.4 Å². The Hall–Kier alpha value is -5.19. The topological polar surface area (TPSA) is 139 Å². The lowest BCUT2D eigenvalue weighted by Gasteiger charge is -2.46. The van der Waals surface area contributed by atoms with Crippen molar-refractivity contribution in [1.82, 2.24) is 35.0 Å². The Morgan fingerprint density at radius 1 is 0.967 bits per heavy atom. The Balaban J connectivity index is 0.703. The standard InChI is InChI=1S/C45H51F2N9O5/c1-26-16-32-30-4-2-3-5-34(30)50-39(32)40(55(26)23-37(46)47)28-18-48-44(49-19-28)53-12-10-45(11-13-53)17-27(24-61-45)20-52-14-15-54-29(21-52)25-60-41-33-22-56(36-8-9-38(57)51-42(36)58)43(59)31(33)6-7-35(41)54/h2-7,18-19,26-27,29,36-37,40,50H,8-17,20-25H2,1H3,(H,51,57,58)/t26-,27+,29-,36+,40-/m0/s1. The average Bonchev–Trinajstić information content (AvgIpc) is 3.93. The Kier molecular flexibility index (Phi) is 9.53. The molecule has 3 amide bonds. The Morgan fingerprint density at radius 2 is 1.79 bits per heavy atom. The molecule has 2 aromatic carbocycles. The van der Waals surface area contributed by atoms with Crippen LogP contribution in [0.5, 0.6) is 5.75 Å². The Morgan fingerprint density at radius 3 is 2.59 bits per heavy atom. The molecule has 0 unspecified atom stereocenters. The van der Waals surface area contributed by atoms with E-state index in [-0.39, 0.29) is 48.5 Å². The maximum atomic E-state index is 13.9. The summed E-state index contributed by atoms with van der Waals surface area (Å²) in [7, 11) is 0. The van der Waals surface area contributed by atoms with Crippen LogP contribution in [0, 0.1) is 5.92 Å². The van der Waals surface area contributed by atoms with E-state index in [1.807, 2.05) is 54.5 Å². The van der Waals surface area contributed by atoms with Gasteiger partial charge < -0.3 is 29.2 Å². The molecule has 11 rings (SSSR count). The summed E-state index contributed by atoms with van der Waals surface area (Å²) in [5.74, 6) is 0.930. The van der Waals surface area contributed by atoms with E-state index in [9.17, 15) is 23.2 Å². The summed E-state index contributed by atoms with van der Waals surface area (Å²) < 4.78 is 40.9. The van der Waals surface area contributed by atoms with E-state index in [1.54, 1.807) is 4.90 Å². The van der Waals surface area contributed by atoms with Crippen LogP contribution in [0.4, 0.5) is 20.4 Å². The fourth-order valence-electron chi connectivity index (χ4n) is 11.5. The minimum Gasteiger partial charge on any atom is -0.489 e. The molecule has 7 aliphatic rings. The van der Waals surface area contributed by atoms with E-state index in [2.05, 4.69) is 31.1 Å². The van der Waals surface area contributed by atoms with E-state index >= 15 is 0 Å². The van der Waals surface area contributed by atoms with Gasteiger partial charge >= 0.3 is 0 Å². The number of fused-ring (bicyclic) bond motifs is 8. The number of hydrogen-bond donors (Lipinski definition) is 2. The molecule has 0 bridgehead atoms. The minimum atomic E-state index is -2.45. The number of para-hydroxylation sites is 1. The summed E-state index contributed by atoms with van der Waals surface area (Å²) in [6.45, 7) is 8.45. The quantitative estimate of drug-likeness (QED) is 0.258. The normalized spacial score (nSPS) is 27.6. The number of H-pyrrole nitrogens is 1. The molecule has 4 fully saturated rings. The van der Waals surface area contributed by atoms with Crippen molar-refractivity contribution < 1.29 is 32.6 Å². The highest BCUT2D eigenvalue weighted by atomic mass is 19.3. The van der Waals surface area contributed by atoms with Gasteiger partial charge in [0.15, 0.2) is 0 Å². The van der Waals surface area contributed by atoms with Crippen molar-refractivity contribution in [3.8, 4) is 5.75 Å². The SMILES string of the molecule is C[C@H]1Cc2c([nH]c3ccccc23)[C@H](c2cnc(N3CCC4(CC3)C[C@H](CN3CCN5c6ccc7c(c6OC[C@@H]5C3)CN([C@@H]3CCC(=O)NC3=O)C7=O)CO4)nc2)N1CC(F)F. The molecule has 5 atom stereocenters. The predicted octanol–water partition coefficient (Wildman–Crippen LogP) is 4.28. The van der Waals surface area contributed by atoms with Gasteiger partial charge in [-0.2, -0.15) is 0 Å². The van der Waals surface area contributed by atoms with Gasteiger partial charge in [0.2, 0.25) is 17.8 Å². The van der Waals surface area contributed by atoms with Crippen molar-refractivity contribution in [3.05, 3.63) is 76.7 Å². The van der Waals surface area contributed by atoms with Crippen molar-refractivity contribution >= 4 is 40.3 Å². The summed E-state index contributed by atoms with van der Waals surface area (Å²) in [6, 6.07) is 11.1. The number of ether oxygens (including phenoxy) is 2. The summed E-state index contributed by atoms with van der Waals surface area (Å²) in [5, 5.41) is 3.52. The maximum absolute atomic E-state index is 13.9. The van der Waals surface area contributed by atoms with Crippen molar-refractivity contribution in [2.24, 2.45) is 5.92 Å². The molecule has 9 heterocycles. The lowest BCUT2D eigenvalue weighted by molar-refractivity contribution is -0.136. The van der Waals surface area contributed by atoms with Crippen molar-refractivity contribution in [1.29, 1.82) is 0 Å². The molecule has 0 saturated carbocycles. The molecule has 2 N–H and O–H groups in total. The molecule has 16 heteroatoms. The molecule has 0 aliphatic carbocycles. The van der Waals surface area contributed by atoms with Gasteiger partial charge in [-0.25, -0.2) is 18.7 Å². The molecular weight excluding hydrogens is 785 g/mol. The Labute approximate surface area is 352 Å². The molecule has 4 aromatic rings. The number of piperazine rings is 1. The number of aromatic nitrogens is 3. The second kappa shape index (κ2) is 15.0. The molecule has 7 aliphatic heterocycles. The zero-order valence-electron chi connectivity index (χ0n) is 34.3. The Bertz CT molecular complexity index is 2390. The van der Waals surface area contributed by atoms with Crippen LogP contribution in [0.25, 0.3) is 10.9 Å². The van der Waals surface area contributed by atoms with Crippen molar-refractivity contribution in [3.63, 3.8) is 0 Å². The first-order valence-corrected chi connectivity index (χ1v) is 21.9. The second-order valence-corrected chi connectivity index (χ2v) is 18.2. The number of rotatable bonds is 7. The molecule has 14 nitrogen and oxygen atoms in total. The van der Waals surface area contributed by atoms with Crippen LogP contribution < -0.4 is 19.9 Å². The van der Waals surface area contributed by atoms with Crippen molar-refractivity contribution in [2.45, 2.75) is 88.2 Å². The largest absolute Gasteiger partial charge is 0.489 e. The van der Waals surface area contributed by atoms with Crippen LogP contribution in [-0.2, 0) is 27.3 Å². The van der Waals surface area contributed by atoms with Crippen LogP contribution >= 0.6 is 0 Å². The van der Waals surface area contributed by atoms with Gasteiger partial charge in [0.25, 0.3) is 12.3 Å². The summed E-state index contributed by atoms with van der Waals surface area (Å²) in [4.78, 5) is 61.6. The summed E-state index contributed by atoms with van der Waals surface area (Å²) >= 11 is 0. The third kappa shape index (κ3) is 6.72. The number of hydrogen-bond acceptors (Lipinski definition) is 11. The second-order valence-electron chi connectivity index (χ2n) is 18.2. The average molecular weight is 836 g/mol. The zero-order valence-corrected chi connectivity index (χ0v) is 34.3. The smallest absolute Gasteiger partial charge is 0.255 e. The third-order valence-corrected chi connectivity index (χ3v) is 14.5. The van der Waals surface area contributed by atoms with Gasteiger partial charge in [-0.05, 0) is 68.7 Å². The van der Waals surface area contributed by atoms with Crippen molar-refractivity contribution in [2.75, 3.05) is 68.8 Å². The van der Waals surface area contributed by atoms with Crippen LogP contribution in [0.2, 0.25) is 0 Å². The van der Waals surface area contributed by atoms with E-state index in [4.69, 9.17) is 19.4 Å². The van der Waals surface area contributed by atoms with Crippen LogP contribution in [0.15, 0.2) is 48.8 Å². The van der Waals surface area contributed by atoms with E-state index in [1.165, 1.54) is 5.56 Å². The van der Waals surface area contributed by atoms with Crippen LogP contribution in [0.3, 0.4) is 0 Å². The van der Waals surface area contributed by atoms with Crippen LogP contribution in [0.1, 0.15) is 77.8 Å². The first-order valence-electron chi connectivity index (χ1n) is 21.9. The number of amides is 3. The monoisotopic (exact) mass is 835 g/mol.